The summed E-state index contributed by atoms with van der Waals surface area (Å²) < 4.78 is 20.2. The van der Waals surface area contributed by atoms with E-state index >= 15 is 0 Å². The van der Waals surface area contributed by atoms with Crippen molar-refractivity contribution >= 4 is 15.9 Å². The fourth-order valence-corrected chi connectivity index (χ4v) is 3.09. The van der Waals surface area contributed by atoms with E-state index in [9.17, 15) is 4.39 Å². The first-order chi connectivity index (χ1) is 8.61. The minimum atomic E-state index is -0.180. The molecular formula is C14H19BrFNO. The summed E-state index contributed by atoms with van der Waals surface area (Å²) in [4.78, 5) is 0. The normalized spacial score (nSPS) is 25.3. The van der Waals surface area contributed by atoms with Crippen LogP contribution in [0.15, 0.2) is 22.7 Å². The van der Waals surface area contributed by atoms with Gasteiger partial charge in [-0.2, -0.15) is 0 Å². The van der Waals surface area contributed by atoms with Gasteiger partial charge in [-0.15, -0.1) is 0 Å². The summed E-state index contributed by atoms with van der Waals surface area (Å²) in [5.74, 6) is 0.161. The van der Waals surface area contributed by atoms with E-state index in [-0.39, 0.29) is 18.0 Å². The topological polar surface area (TPSA) is 35.2 Å². The zero-order valence-electron chi connectivity index (χ0n) is 10.5. The monoisotopic (exact) mass is 315 g/mol. The van der Waals surface area contributed by atoms with Gasteiger partial charge in [0.05, 0.1) is 6.10 Å². The summed E-state index contributed by atoms with van der Waals surface area (Å²) >= 11 is 3.36. The lowest BCUT2D eigenvalue weighted by molar-refractivity contribution is 0.0813. The largest absolute Gasteiger partial charge is 0.378 e. The second kappa shape index (κ2) is 6.13. The molecule has 1 aliphatic rings. The van der Waals surface area contributed by atoms with Crippen LogP contribution in [0.3, 0.4) is 0 Å². The van der Waals surface area contributed by atoms with Crippen LogP contribution in [0, 0.1) is 11.7 Å². The molecule has 0 aromatic heterocycles. The highest BCUT2D eigenvalue weighted by Gasteiger charge is 2.31. The summed E-state index contributed by atoms with van der Waals surface area (Å²) in [6.07, 6.45) is 2.75. The Kier molecular flexibility index (Phi) is 4.76. The molecule has 3 atom stereocenters. The average molecular weight is 316 g/mol. The Bertz CT molecular complexity index is 413. The van der Waals surface area contributed by atoms with E-state index in [4.69, 9.17) is 10.5 Å². The predicted molar refractivity (Wildman–Crippen MR) is 73.9 cm³/mol. The van der Waals surface area contributed by atoms with Crippen molar-refractivity contribution in [3.63, 3.8) is 0 Å². The summed E-state index contributed by atoms with van der Waals surface area (Å²) in [5.41, 5.74) is 6.91. The van der Waals surface area contributed by atoms with Crippen LogP contribution in [-0.2, 0) is 11.2 Å². The molecular weight excluding hydrogens is 297 g/mol. The highest BCUT2D eigenvalue weighted by molar-refractivity contribution is 9.10. The first-order valence-corrected chi connectivity index (χ1v) is 7.22. The zero-order chi connectivity index (χ0) is 13.1. The fourth-order valence-electron chi connectivity index (χ4n) is 2.68. The molecule has 2 N–H and O–H groups in total. The summed E-state index contributed by atoms with van der Waals surface area (Å²) in [6, 6.07) is 4.96. The first kappa shape index (κ1) is 14.0. The molecule has 1 saturated heterocycles. The highest BCUT2D eigenvalue weighted by atomic mass is 79.9. The molecule has 0 saturated carbocycles. The Morgan fingerprint density at radius 2 is 2.33 bits per heavy atom. The third kappa shape index (κ3) is 3.11. The molecule has 2 rings (SSSR count). The van der Waals surface area contributed by atoms with E-state index in [1.165, 1.54) is 6.07 Å². The Morgan fingerprint density at radius 3 is 3.06 bits per heavy atom. The number of halogens is 2. The fraction of sp³-hybridized carbons (Fsp3) is 0.571. The number of rotatable bonds is 4. The van der Waals surface area contributed by atoms with Gasteiger partial charge in [0.2, 0.25) is 0 Å². The number of nitrogens with two attached hydrogens (primary N) is 1. The molecule has 1 aliphatic heterocycles. The third-order valence-electron chi connectivity index (χ3n) is 3.68. The molecule has 100 valence electrons. The van der Waals surface area contributed by atoms with Gasteiger partial charge in [-0.1, -0.05) is 22.9 Å². The van der Waals surface area contributed by atoms with E-state index < -0.39 is 0 Å². The molecule has 1 heterocycles. The van der Waals surface area contributed by atoms with Crippen LogP contribution in [0.2, 0.25) is 0 Å². The van der Waals surface area contributed by atoms with E-state index in [1.54, 1.807) is 6.07 Å². The lowest BCUT2D eigenvalue weighted by Crippen LogP contribution is -2.37. The van der Waals surface area contributed by atoms with Gasteiger partial charge in [0, 0.05) is 23.0 Å². The van der Waals surface area contributed by atoms with Crippen molar-refractivity contribution in [2.45, 2.75) is 38.3 Å². The minimum absolute atomic E-state index is 0.0405. The van der Waals surface area contributed by atoms with E-state index in [2.05, 4.69) is 22.9 Å². The molecule has 1 fully saturated rings. The summed E-state index contributed by atoms with van der Waals surface area (Å²) in [5, 5.41) is 0. The first-order valence-electron chi connectivity index (χ1n) is 6.43. The molecule has 18 heavy (non-hydrogen) atoms. The van der Waals surface area contributed by atoms with Crippen molar-refractivity contribution in [2.75, 3.05) is 6.61 Å². The second-order valence-electron chi connectivity index (χ2n) is 4.87. The van der Waals surface area contributed by atoms with Crippen LogP contribution in [0.1, 0.15) is 25.3 Å². The Morgan fingerprint density at radius 1 is 1.56 bits per heavy atom. The van der Waals surface area contributed by atoms with Crippen molar-refractivity contribution in [2.24, 2.45) is 11.7 Å². The minimum Gasteiger partial charge on any atom is -0.378 e. The molecule has 1 aromatic carbocycles. The Hall–Kier alpha value is -0.450. The van der Waals surface area contributed by atoms with E-state index in [0.717, 1.165) is 23.9 Å². The summed E-state index contributed by atoms with van der Waals surface area (Å²) in [6.45, 7) is 2.88. The zero-order valence-corrected chi connectivity index (χ0v) is 12.1. The van der Waals surface area contributed by atoms with Gasteiger partial charge in [0.1, 0.15) is 5.82 Å². The van der Waals surface area contributed by atoms with Gasteiger partial charge < -0.3 is 10.5 Å². The van der Waals surface area contributed by atoms with Gasteiger partial charge in [-0.3, -0.25) is 0 Å². The van der Waals surface area contributed by atoms with Crippen LogP contribution in [0.5, 0.6) is 0 Å². The quantitative estimate of drug-likeness (QED) is 0.925. The van der Waals surface area contributed by atoms with Crippen molar-refractivity contribution in [3.05, 3.63) is 34.1 Å². The molecule has 1 aromatic rings. The number of benzene rings is 1. The van der Waals surface area contributed by atoms with Crippen LogP contribution < -0.4 is 5.73 Å². The molecule has 3 unspecified atom stereocenters. The number of ether oxygens (including phenoxy) is 1. The predicted octanol–water partition coefficient (Wildman–Crippen LogP) is 3.27. The second-order valence-corrected chi connectivity index (χ2v) is 5.79. The molecule has 0 radical (unpaired) electrons. The van der Waals surface area contributed by atoms with E-state index in [0.29, 0.717) is 17.9 Å². The lowest BCUT2D eigenvalue weighted by Gasteiger charge is -2.24. The maximum absolute atomic E-state index is 13.7. The van der Waals surface area contributed by atoms with Gasteiger partial charge in [0.15, 0.2) is 0 Å². The lowest BCUT2D eigenvalue weighted by atomic mass is 9.88. The average Bonchev–Trinajstić information content (AvgIpc) is 2.82. The Labute approximate surface area is 116 Å². The van der Waals surface area contributed by atoms with Crippen molar-refractivity contribution < 1.29 is 9.13 Å². The van der Waals surface area contributed by atoms with Crippen molar-refractivity contribution in [3.8, 4) is 0 Å². The van der Waals surface area contributed by atoms with Crippen LogP contribution >= 0.6 is 15.9 Å². The summed E-state index contributed by atoms with van der Waals surface area (Å²) in [7, 11) is 0. The maximum atomic E-state index is 13.7. The molecule has 4 heteroatoms. The SMILES string of the molecule is CCC1OCCC1C(N)Cc1cc(Br)ccc1F. The van der Waals surface area contributed by atoms with E-state index in [1.807, 2.05) is 6.07 Å². The molecule has 0 aliphatic carbocycles. The van der Waals surface area contributed by atoms with Crippen LogP contribution in [0.25, 0.3) is 0 Å². The molecule has 0 spiro atoms. The molecule has 0 bridgehead atoms. The Balaban J connectivity index is 2.06. The van der Waals surface area contributed by atoms with Gasteiger partial charge in [-0.05, 0) is 43.0 Å². The van der Waals surface area contributed by atoms with Gasteiger partial charge in [0.25, 0.3) is 0 Å². The smallest absolute Gasteiger partial charge is 0.126 e. The van der Waals surface area contributed by atoms with Crippen LogP contribution in [-0.4, -0.2) is 18.8 Å². The number of hydrogen-bond acceptors (Lipinski definition) is 2. The van der Waals surface area contributed by atoms with Crippen molar-refractivity contribution in [1.82, 2.24) is 0 Å². The number of hydrogen-bond donors (Lipinski definition) is 1. The van der Waals surface area contributed by atoms with Gasteiger partial charge in [-0.25, -0.2) is 4.39 Å². The maximum Gasteiger partial charge on any atom is 0.126 e. The third-order valence-corrected chi connectivity index (χ3v) is 4.17. The van der Waals surface area contributed by atoms with Crippen LogP contribution in [0.4, 0.5) is 4.39 Å². The molecule has 2 nitrogen and oxygen atoms in total. The highest BCUT2D eigenvalue weighted by Crippen LogP contribution is 2.28. The van der Waals surface area contributed by atoms with Gasteiger partial charge >= 0.3 is 0 Å². The van der Waals surface area contributed by atoms with Crippen molar-refractivity contribution in [1.29, 1.82) is 0 Å². The standard InChI is InChI=1S/C14H19BrFNO/c1-2-14-11(5-6-18-14)13(17)8-9-7-10(15)3-4-12(9)16/h3-4,7,11,13-14H,2,5-6,8,17H2,1H3. The molecule has 0 amide bonds.